The Morgan fingerprint density at radius 2 is 1.12 bits per heavy atom. The third-order valence-corrected chi connectivity index (χ3v) is 11.8. The molecule has 0 aromatic carbocycles. The van der Waals surface area contributed by atoms with Gasteiger partial charge in [-0.05, 0) is 0 Å². The van der Waals surface area contributed by atoms with Gasteiger partial charge in [0, 0.05) is 13.3 Å². The smallest absolute Gasteiger partial charge is 0.364 e. The third kappa shape index (κ3) is 11.2. The van der Waals surface area contributed by atoms with Crippen LogP contribution in [0.15, 0.2) is 0 Å². The number of rotatable bonds is 17. The summed E-state index contributed by atoms with van der Waals surface area (Å²) in [4.78, 5) is 25.5. The predicted octanol–water partition coefficient (Wildman–Crippen LogP) is -12.6. The maximum Gasteiger partial charge on any atom is 0.364 e. The number of aliphatic hydroxyl groups is 16. The monoisotopic (exact) mass is 956 g/mol. The van der Waals surface area contributed by atoms with Crippen molar-refractivity contribution in [2.24, 2.45) is 5.73 Å². The molecule has 5 aliphatic heterocycles. The fraction of sp³-hybridized carbons (Fsp3) is 0.943. The molecule has 0 saturated carbocycles. The van der Waals surface area contributed by atoms with Gasteiger partial charge >= 0.3 is 5.97 Å². The Balaban J connectivity index is 1.44. The van der Waals surface area contributed by atoms with Crippen molar-refractivity contribution in [3.8, 4) is 0 Å². The maximum absolute atomic E-state index is 12.8. The first kappa shape index (κ1) is 53.8. The lowest BCUT2D eigenvalue weighted by molar-refractivity contribution is -0.388. The molecule has 26 atom stereocenters. The number of hydrogen-bond acceptors (Lipinski definition) is 28. The molecule has 30 nitrogen and oxygen atoms in total. The zero-order chi connectivity index (χ0) is 48.4. The van der Waals surface area contributed by atoms with Crippen LogP contribution in [0.3, 0.4) is 0 Å². The molecule has 5 fully saturated rings. The summed E-state index contributed by atoms with van der Waals surface area (Å²) in [6, 6.07) is -3.43. The van der Waals surface area contributed by atoms with Gasteiger partial charge in [-0.1, -0.05) is 0 Å². The van der Waals surface area contributed by atoms with E-state index >= 15 is 0 Å². The van der Waals surface area contributed by atoms with E-state index in [1.807, 2.05) is 0 Å². The maximum atomic E-state index is 12.8. The highest BCUT2D eigenvalue weighted by atomic mass is 16.8. The van der Waals surface area contributed by atoms with Crippen LogP contribution >= 0.6 is 0 Å². The minimum absolute atomic E-state index is 0.896. The molecule has 5 rings (SSSR count). The van der Waals surface area contributed by atoms with Crippen molar-refractivity contribution in [3.05, 3.63) is 0 Å². The second-order valence-electron chi connectivity index (χ2n) is 16.2. The average Bonchev–Trinajstić information content (AvgIpc) is 3.27. The normalized spacial score (nSPS) is 48.3. The molecule has 5 aliphatic rings. The molecule has 65 heavy (non-hydrogen) atoms. The van der Waals surface area contributed by atoms with Gasteiger partial charge in [-0.25, -0.2) is 4.79 Å². The molecule has 0 radical (unpaired) electrons. The minimum atomic E-state index is -3.11. The number of nitrogens with one attached hydrogen (secondary N) is 1. The SMILES string of the molecule is CC(=O)N[C@H]1[C@H](O[C@H]2[C@@H](O)[C@@H](CO)O[C@@H](O[C@H]3[C@H](O)[C@@H](O)C(O)O[C@@H]3CO)[C@@H]2O)O[C@H](CO)[C@@H](O)[C@@H]1O[C@@H]1O[C@H](CO)[C@H](O)[C@H](O[C@]2(C(=O)O)C[C@H](O)[C@@H](N)[C@H]([C@H](O)[C@H](O)CO)O2)[C@H]1O. The third-order valence-electron chi connectivity index (χ3n) is 11.8. The molecule has 1 amide bonds. The molecule has 0 aromatic rings. The van der Waals surface area contributed by atoms with Crippen molar-refractivity contribution in [2.75, 3.05) is 33.0 Å². The van der Waals surface area contributed by atoms with Crippen molar-refractivity contribution in [3.63, 3.8) is 0 Å². The Morgan fingerprint density at radius 3 is 1.63 bits per heavy atom. The van der Waals surface area contributed by atoms with Gasteiger partial charge in [0.2, 0.25) is 5.91 Å². The summed E-state index contributed by atoms with van der Waals surface area (Å²) in [5.41, 5.74) is 5.92. The Bertz CT molecular complexity index is 1540. The molecule has 0 aliphatic carbocycles. The fourth-order valence-electron chi connectivity index (χ4n) is 8.15. The van der Waals surface area contributed by atoms with Gasteiger partial charge in [-0.15, -0.1) is 0 Å². The van der Waals surface area contributed by atoms with Crippen LogP contribution in [0.1, 0.15) is 13.3 Å². The molecule has 5 heterocycles. The number of carboxylic acids is 1. The van der Waals surface area contributed by atoms with Gasteiger partial charge < -0.3 is 140 Å². The van der Waals surface area contributed by atoms with Gasteiger partial charge in [0.1, 0.15) is 116 Å². The Morgan fingerprint density at radius 1 is 0.646 bits per heavy atom. The number of ether oxygens (including phenoxy) is 9. The second-order valence-corrected chi connectivity index (χ2v) is 16.2. The van der Waals surface area contributed by atoms with E-state index in [9.17, 15) is 96.4 Å². The van der Waals surface area contributed by atoms with Crippen molar-refractivity contribution in [1.29, 1.82) is 0 Å². The van der Waals surface area contributed by atoms with Gasteiger partial charge in [-0.3, -0.25) is 4.79 Å². The summed E-state index contributed by atoms with van der Waals surface area (Å²) in [5.74, 6) is -6.03. The van der Waals surface area contributed by atoms with Crippen molar-refractivity contribution < 1.29 is 139 Å². The van der Waals surface area contributed by atoms with Crippen LogP contribution in [0.4, 0.5) is 0 Å². The fourth-order valence-corrected chi connectivity index (χ4v) is 8.15. The van der Waals surface area contributed by atoms with E-state index in [1.165, 1.54) is 0 Å². The molecular weight excluding hydrogens is 896 g/mol. The summed E-state index contributed by atoms with van der Waals surface area (Å²) in [7, 11) is 0. The molecule has 0 aromatic heterocycles. The summed E-state index contributed by atoms with van der Waals surface area (Å²) in [6.45, 7) is -4.14. The van der Waals surface area contributed by atoms with Crippen molar-refractivity contribution >= 4 is 11.9 Å². The summed E-state index contributed by atoms with van der Waals surface area (Å²) < 4.78 is 50.5. The number of aliphatic hydroxyl groups excluding tert-OH is 16. The van der Waals surface area contributed by atoms with Gasteiger partial charge in [0.25, 0.3) is 5.79 Å². The number of amides is 1. The zero-order valence-corrected chi connectivity index (χ0v) is 34.3. The van der Waals surface area contributed by atoms with Crippen molar-refractivity contribution in [2.45, 2.75) is 172 Å². The largest absolute Gasteiger partial charge is 0.477 e. The number of carboxylic acid groups (broad SMARTS) is 1. The summed E-state index contributed by atoms with van der Waals surface area (Å²) in [5, 5.41) is 181. The lowest BCUT2D eigenvalue weighted by atomic mass is 9.88. The predicted molar refractivity (Wildman–Crippen MR) is 197 cm³/mol. The highest BCUT2D eigenvalue weighted by Gasteiger charge is 2.60. The van der Waals surface area contributed by atoms with E-state index in [4.69, 9.17) is 48.4 Å². The van der Waals surface area contributed by atoms with Crippen LogP contribution < -0.4 is 11.1 Å². The van der Waals surface area contributed by atoms with Crippen LogP contribution in [0.25, 0.3) is 0 Å². The number of aliphatic carboxylic acids is 1. The van der Waals surface area contributed by atoms with Gasteiger partial charge in [0.05, 0.1) is 45.2 Å². The van der Waals surface area contributed by atoms with E-state index < -0.39 is 210 Å². The summed E-state index contributed by atoms with van der Waals surface area (Å²) in [6.07, 6.45) is -46.7. The molecule has 1 unspecified atom stereocenters. The van der Waals surface area contributed by atoms with Crippen molar-refractivity contribution in [1.82, 2.24) is 5.32 Å². The highest BCUT2D eigenvalue weighted by Crippen LogP contribution is 2.39. The minimum Gasteiger partial charge on any atom is -0.477 e. The number of hydrogen-bond donors (Lipinski definition) is 19. The van der Waals surface area contributed by atoms with Gasteiger partial charge in [-0.2, -0.15) is 0 Å². The molecule has 5 saturated heterocycles. The Hall–Kier alpha value is -2.10. The summed E-state index contributed by atoms with van der Waals surface area (Å²) >= 11 is 0. The van der Waals surface area contributed by atoms with E-state index in [0.29, 0.717) is 0 Å². The Labute approximate surface area is 367 Å². The van der Waals surface area contributed by atoms with Gasteiger partial charge in [0.15, 0.2) is 25.2 Å². The average molecular weight is 957 g/mol. The number of carbonyl (C=O) groups is 2. The van der Waals surface area contributed by atoms with E-state index in [1.54, 1.807) is 0 Å². The quantitative estimate of drug-likeness (QED) is 0.0643. The van der Waals surface area contributed by atoms with Crippen LogP contribution in [-0.2, 0) is 52.2 Å². The van der Waals surface area contributed by atoms with E-state index in [-0.39, 0.29) is 0 Å². The lowest BCUT2D eigenvalue weighted by Gasteiger charge is -2.51. The molecule has 0 bridgehead atoms. The first-order valence-electron chi connectivity index (χ1n) is 20.3. The zero-order valence-electron chi connectivity index (χ0n) is 34.3. The second kappa shape index (κ2) is 22.5. The molecular formula is C35H60N2O28. The van der Waals surface area contributed by atoms with E-state index in [0.717, 1.165) is 6.92 Å². The molecule has 20 N–H and O–H groups in total. The van der Waals surface area contributed by atoms with Crippen LogP contribution in [0.5, 0.6) is 0 Å². The van der Waals surface area contributed by atoms with E-state index in [2.05, 4.69) is 5.32 Å². The lowest BCUT2D eigenvalue weighted by Crippen LogP contribution is -2.71. The standard InChI is InChI=1S/C35H60N2O28/c1-8(43)37-16-27(62-33-24(53)29(20(49)13(6-41)60-33)65-35(34(55)56)2-9(44)15(36)26(64-35)17(46)10(45)3-38)18(47)11(4-39)58-31(16)63-28-19(48)12(5-40)59-32(23(28)52)61-25-14(7-42)57-30(54)22(51)21(25)50/h9-33,38-42,44-54H,2-7,36H2,1H3,(H,37,43)(H,55,56)/t9-,10+,11+,12+,13+,14+,15+,16+,17+,18+,19-,20-,21+,22+,23+,24+,25+,26+,27+,28-,29-,30?,31-,32-,33-,35-/m0/s1. The molecule has 0 spiro atoms. The molecule has 30 heteroatoms. The van der Waals surface area contributed by atoms with Crippen LogP contribution in [0, 0.1) is 0 Å². The highest BCUT2D eigenvalue weighted by molar-refractivity contribution is 5.76. The molecule has 378 valence electrons. The number of nitrogens with two attached hydrogens (primary N) is 1. The topological polar surface area (TPSA) is 499 Å². The first-order chi connectivity index (χ1) is 30.6. The van der Waals surface area contributed by atoms with Crippen LogP contribution in [-0.4, -0.2) is 291 Å². The Kier molecular flexibility index (Phi) is 18.7. The number of carbonyl (C=O) groups excluding carboxylic acids is 1. The van der Waals surface area contributed by atoms with Crippen LogP contribution in [0.2, 0.25) is 0 Å². The first-order valence-corrected chi connectivity index (χ1v) is 20.3.